The molecule has 0 heterocycles. The Morgan fingerprint density at radius 3 is 1.27 bits per heavy atom. The van der Waals surface area contributed by atoms with Crippen LogP contribution in [-0.2, 0) is 44.3 Å². The summed E-state index contributed by atoms with van der Waals surface area (Å²) >= 11 is 0. The number of halogens is 8. The smallest absolute Gasteiger partial charge is 0.416 e. The first-order valence-corrected chi connectivity index (χ1v) is 22.4. The van der Waals surface area contributed by atoms with Crippen LogP contribution in [0.5, 0.6) is 11.5 Å². The van der Waals surface area contributed by atoms with Crippen LogP contribution in [0.1, 0.15) is 146 Å². The van der Waals surface area contributed by atoms with Crippen molar-refractivity contribution in [1.29, 1.82) is 0 Å². The summed E-state index contributed by atoms with van der Waals surface area (Å²) in [6.07, 6.45) is -2.17. The van der Waals surface area contributed by atoms with Crippen LogP contribution >= 0.6 is 0 Å². The molecule has 2 saturated carbocycles. The van der Waals surface area contributed by atoms with Crippen LogP contribution in [0.25, 0.3) is 0 Å². The molecule has 0 aromatic heterocycles. The largest absolute Gasteiger partial charge is 0.494 e. The number of hydrogen-bond donors (Lipinski definition) is 0. The quantitative estimate of drug-likeness (QED) is 0.0823. The van der Waals surface area contributed by atoms with E-state index >= 15 is 0 Å². The maximum absolute atomic E-state index is 13.7. The van der Waals surface area contributed by atoms with Gasteiger partial charge in [0.1, 0.15) is 0 Å². The van der Waals surface area contributed by atoms with E-state index in [1.807, 2.05) is 0 Å². The molecule has 6 rings (SSSR count). The van der Waals surface area contributed by atoms with Gasteiger partial charge in [0.15, 0.2) is 23.1 Å². The number of alkyl halides is 6. The summed E-state index contributed by atoms with van der Waals surface area (Å²) in [6.45, 7) is 4.16. The van der Waals surface area contributed by atoms with Crippen molar-refractivity contribution in [3.05, 3.63) is 129 Å². The van der Waals surface area contributed by atoms with Gasteiger partial charge in [0.25, 0.3) is 0 Å². The third-order valence-electron chi connectivity index (χ3n) is 13.4. The normalized spacial score (nSPS) is 19.4. The summed E-state index contributed by atoms with van der Waals surface area (Å²) in [4.78, 5) is 22.7. The zero-order valence-corrected chi connectivity index (χ0v) is 38.4. The van der Waals surface area contributed by atoms with Gasteiger partial charge in [-0.1, -0.05) is 50.2 Å². The lowest BCUT2D eigenvalue weighted by molar-refractivity contribution is -0.142. The first-order valence-electron chi connectivity index (χ1n) is 22.4. The minimum absolute atomic E-state index is 0.00621. The van der Waals surface area contributed by atoms with Crippen molar-refractivity contribution in [1.82, 2.24) is 0 Å². The monoisotopic (exact) mass is 932 g/mol. The Labute approximate surface area is 382 Å². The number of carbonyl (C=O) groups excluding carboxylic acids is 2. The molecule has 6 atom stereocenters. The van der Waals surface area contributed by atoms with Gasteiger partial charge < -0.3 is 18.9 Å². The minimum atomic E-state index is -4.48. The molecule has 6 nitrogen and oxygen atoms in total. The van der Waals surface area contributed by atoms with Gasteiger partial charge in [0.2, 0.25) is 0 Å². The highest BCUT2D eigenvalue weighted by atomic mass is 19.4. The third kappa shape index (κ3) is 13.9. The van der Waals surface area contributed by atoms with Gasteiger partial charge in [-0.05, 0) is 169 Å². The van der Waals surface area contributed by atoms with Gasteiger partial charge in [-0.3, -0.25) is 9.59 Å². The molecule has 0 amide bonds. The van der Waals surface area contributed by atoms with Crippen LogP contribution in [0.3, 0.4) is 0 Å². The van der Waals surface area contributed by atoms with Crippen molar-refractivity contribution in [2.45, 2.75) is 127 Å². The fourth-order valence-electron chi connectivity index (χ4n) is 9.76. The molecule has 2 fully saturated rings. The molecule has 0 saturated heterocycles. The second-order valence-corrected chi connectivity index (χ2v) is 17.8. The molecule has 2 aliphatic rings. The van der Waals surface area contributed by atoms with E-state index in [1.54, 1.807) is 36.4 Å². The van der Waals surface area contributed by atoms with E-state index in [0.29, 0.717) is 23.0 Å². The molecule has 14 heteroatoms. The van der Waals surface area contributed by atoms with Crippen molar-refractivity contribution < 1.29 is 63.7 Å². The van der Waals surface area contributed by atoms with Crippen LogP contribution < -0.4 is 9.47 Å². The Bertz CT molecular complexity index is 2100. The first kappa shape index (κ1) is 51.8. The number of ether oxygens (including phenoxy) is 4. The molecule has 0 bridgehead atoms. The molecule has 0 spiro atoms. The lowest BCUT2D eigenvalue weighted by Gasteiger charge is -2.19. The Morgan fingerprint density at radius 1 is 0.561 bits per heavy atom. The molecule has 360 valence electrons. The number of methoxy groups -OCH3 is 4. The SMILES string of the molecule is COC(=O)CCc1ccc([C@H]2CC[C@@H](C[C@H](C)c3ccc(F)c(OC)c3)C2)cc1C(F)(F)F.COC(=O)CCc1ccc([C@H]2CC[C@H](C[C@H](C)c3ccc(F)c(OC)c3)C2)cc1C(F)(F)F. The topological polar surface area (TPSA) is 71.1 Å². The first-order chi connectivity index (χ1) is 31.2. The summed E-state index contributed by atoms with van der Waals surface area (Å²) in [5.74, 6) is -0.131. The van der Waals surface area contributed by atoms with E-state index in [0.717, 1.165) is 62.5 Å². The maximum Gasteiger partial charge on any atom is 0.416 e. The molecular formula is C52H60F8O6. The summed E-state index contributed by atoms with van der Waals surface area (Å²) in [6, 6.07) is 18.8. The van der Waals surface area contributed by atoms with Gasteiger partial charge >= 0.3 is 24.3 Å². The fourth-order valence-corrected chi connectivity index (χ4v) is 9.76. The number of benzene rings is 4. The van der Waals surface area contributed by atoms with Crippen LogP contribution in [-0.4, -0.2) is 40.4 Å². The van der Waals surface area contributed by atoms with Crippen molar-refractivity contribution in [3.8, 4) is 11.5 Å². The zero-order valence-electron chi connectivity index (χ0n) is 38.4. The highest BCUT2D eigenvalue weighted by molar-refractivity contribution is 5.70. The molecule has 0 N–H and O–H groups in total. The van der Waals surface area contributed by atoms with Crippen LogP contribution in [0.2, 0.25) is 0 Å². The van der Waals surface area contributed by atoms with Crippen LogP contribution in [0.4, 0.5) is 35.1 Å². The highest BCUT2D eigenvalue weighted by Gasteiger charge is 2.37. The molecule has 4 aromatic rings. The molecule has 0 unspecified atom stereocenters. The fraction of sp³-hybridized carbons (Fsp3) is 0.500. The number of hydrogen-bond acceptors (Lipinski definition) is 6. The van der Waals surface area contributed by atoms with Crippen molar-refractivity contribution in [2.75, 3.05) is 28.4 Å². The predicted octanol–water partition coefficient (Wildman–Crippen LogP) is 14.1. The minimum Gasteiger partial charge on any atom is -0.494 e. The lowest BCUT2D eigenvalue weighted by atomic mass is 9.87. The van der Waals surface area contributed by atoms with E-state index in [2.05, 4.69) is 23.3 Å². The highest BCUT2D eigenvalue weighted by Crippen LogP contribution is 2.46. The van der Waals surface area contributed by atoms with Crippen LogP contribution in [0.15, 0.2) is 72.8 Å². The molecule has 0 radical (unpaired) electrons. The van der Waals surface area contributed by atoms with Gasteiger partial charge in [0.05, 0.1) is 39.6 Å². The average molecular weight is 933 g/mol. The molecule has 2 aliphatic carbocycles. The summed E-state index contributed by atoms with van der Waals surface area (Å²) in [5, 5.41) is 0. The average Bonchev–Trinajstić information content (AvgIpc) is 3.97. The van der Waals surface area contributed by atoms with Gasteiger partial charge in [-0.2, -0.15) is 26.3 Å². The van der Waals surface area contributed by atoms with Gasteiger partial charge in [-0.15, -0.1) is 0 Å². The zero-order chi connectivity index (χ0) is 48.3. The second-order valence-electron chi connectivity index (χ2n) is 17.8. The predicted molar refractivity (Wildman–Crippen MR) is 236 cm³/mol. The van der Waals surface area contributed by atoms with Crippen molar-refractivity contribution >= 4 is 11.9 Å². The third-order valence-corrected chi connectivity index (χ3v) is 13.4. The van der Waals surface area contributed by atoms with E-state index in [9.17, 15) is 44.7 Å². The second kappa shape index (κ2) is 23.0. The molecule has 66 heavy (non-hydrogen) atoms. The number of aryl methyl sites for hydroxylation is 2. The van der Waals surface area contributed by atoms with Crippen molar-refractivity contribution in [2.24, 2.45) is 11.8 Å². The Morgan fingerprint density at radius 2 is 0.939 bits per heavy atom. The van der Waals surface area contributed by atoms with Crippen molar-refractivity contribution in [3.63, 3.8) is 0 Å². The number of esters is 2. The Kier molecular flexibility index (Phi) is 18.1. The number of rotatable bonds is 16. The Balaban J connectivity index is 0.000000247. The van der Waals surface area contributed by atoms with E-state index < -0.39 is 47.1 Å². The van der Waals surface area contributed by atoms with E-state index in [1.165, 1.54) is 64.8 Å². The summed E-state index contributed by atoms with van der Waals surface area (Å²) in [5.41, 5.74) is 2.27. The number of carbonyl (C=O) groups is 2. The summed E-state index contributed by atoms with van der Waals surface area (Å²) < 4.78 is 129. The summed E-state index contributed by atoms with van der Waals surface area (Å²) in [7, 11) is 5.31. The molecule has 4 aromatic carbocycles. The molecule has 0 aliphatic heterocycles. The lowest BCUT2D eigenvalue weighted by Crippen LogP contribution is -2.12. The van der Waals surface area contributed by atoms with Gasteiger partial charge in [0, 0.05) is 12.8 Å². The standard InChI is InChI=1S/2C26H30F4O3/c2*1-16(19-8-10-23(27)24(15-19)32-2)12-17-4-5-20(13-17)21-7-6-18(9-11-25(31)33-3)22(14-21)26(28,29)30/h2*6-8,10,14-17,20H,4-5,9,11-13H2,1-3H3/t16-,17+,20-;16-,17-,20-/m00/s1. The van der Waals surface area contributed by atoms with E-state index in [-0.39, 0.29) is 72.0 Å². The Hall–Kier alpha value is -5.14. The molecular weight excluding hydrogens is 873 g/mol. The van der Waals surface area contributed by atoms with Crippen LogP contribution in [0, 0.1) is 23.5 Å². The maximum atomic E-state index is 13.7. The van der Waals surface area contributed by atoms with Gasteiger partial charge in [-0.25, -0.2) is 8.78 Å². The van der Waals surface area contributed by atoms with E-state index in [4.69, 9.17) is 9.47 Å².